The van der Waals surface area contributed by atoms with Crippen molar-refractivity contribution in [3.8, 4) is 17.2 Å². The molecule has 0 saturated heterocycles. The fourth-order valence-electron chi connectivity index (χ4n) is 3.52. The van der Waals surface area contributed by atoms with E-state index in [0.29, 0.717) is 18.7 Å². The first-order valence-corrected chi connectivity index (χ1v) is 8.97. The molecule has 0 aliphatic rings. The zero-order valence-electron chi connectivity index (χ0n) is 16.1. The number of aromatic nitrogens is 1. The van der Waals surface area contributed by atoms with Crippen LogP contribution in [0.5, 0.6) is 0 Å². The van der Waals surface area contributed by atoms with Crippen LogP contribution in [0.1, 0.15) is 37.5 Å². The number of alkyl halides is 3. The molecule has 1 heterocycles. The van der Waals surface area contributed by atoms with Crippen LogP contribution in [0.4, 0.5) is 13.2 Å². The molecule has 1 aromatic heterocycles. The molecule has 2 aromatic carbocycles. The zero-order chi connectivity index (χ0) is 20.7. The molecule has 0 spiro atoms. The van der Waals surface area contributed by atoms with E-state index in [1.807, 2.05) is 16.8 Å². The van der Waals surface area contributed by atoms with Crippen molar-refractivity contribution in [3.63, 3.8) is 0 Å². The molecule has 0 unspecified atom stereocenters. The number of rotatable bonds is 3. The highest BCUT2D eigenvalue weighted by atomic mass is 19.4. The molecule has 3 aromatic rings. The number of hydrogen-bond donors (Lipinski definition) is 1. The fourth-order valence-corrected chi connectivity index (χ4v) is 3.52. The Morgan fingerprint density at radius 3 is 2.39 bits per heavy atom. The lowest BCUT2D eigenvalue weighted by molar-refractivity contribution is -0.137. The van der Waals surface area contributed by atoms with Gasteiger partial charge >= 0.3 is 6.18 Å². The summed E-state index contributed by atoms with van der Waals surface area (Å²) in [6, 6.07) is 10.7. The third-order valence-corrected chi connectivity index (χ3v) is 4.61. The molecule has 0 radical (unpaired) electrons. The smallest absolute Gasteiger partial charge is 0.347 e. The molecular formula is C22H22F3N3. The van der Waals surface area contributed by atoms with E-state index in [1.165, 1.54) is 12.1 Å². The van der Waals surface area contributed by atoms with Gasteiger partial charge in [-0.25, -0.2) is 0 Å². The minimum atomic E-state index is -4.55. The van der Waals surface area contributed by atoms with E-state index in [1.54, 1.807) is 18.2 Å². The van der Waals surface area contributed by atoms with E-state index in [-0.39, 0.29) is 16.5 Å². The second-order valence-corrected chi connectivity index (χ2v) is 8.12. The summed E-state index contributed by atoms with van der Waals surface area (Å²) in [7, 11) is 0. The van der Waals surface area contributed by atoms with Crippen LogP contribution in [0.3, 0.4) is 0 Å². The molecule has 0 fully saturated rings. The molecule has 0 atom stereocenters. The Labute approximate surface area is 162 Å². The molecular weight excluding hydrogens is 363 g/mol. The summed E-state index contributed by atoms with van der Waals surface area (Å²) in [6.07, 6.45) is -2.59. The Hall–Kier alpha value is -2.78. The second-order valence-electron chi connectivity index (χ2n) is 8.12. The van der Waals surface area contributed by atoms with Crippen molar-refractivity contribution in [1.82, 2.24) is 4.57 Å². The van der Waals surface area contributed by atoms with E-state index in [9.17, 15) is 18.4 Å². The summed E-state index contributed by atoms with van der Waals surface area (Å²) in [5.74, 6) is 0. The third kappa shape index (κ3) is 3.76. The molecule has 28 heavy (non-hydrogen) atoms. The van der Waals surface area contributed by atoms with Crippen molar-refractivity contribution in [2.45, 2.75) is 40.0 Å². The second kappa shape index (κ2) is 6.99. The standard InChI is InChI=1S/C22H22F3N3/c1-21(2,3)13-28-12-16(11-27)17-8-7-14(9-19(17)28)20-15(10-26)5-4-6-18(20)22(23,24)25/h4-9,12H,11,13,27H2,1-3H3. The van der Waals surface area contributed by atoms with Crippen LogP contribution < -0.4 is 5.73 Å². The van der Waals surface area contributed by atoms with E-state index in [0.717, 1.165) is 22.5 Å². The summed E-state index contributed by atoms with van der Waals surface area (Å²) in [5, 5.41) is 10.3. The van der Waals surface area contributed by atoms with Gasteiger partial charge in [0.15, 0.2) is 0 Å². The van der Waals surface area contributed by atoms with Crippen LogP contribution in [0.15, 0.2) is 42.6 Å². The average molecular weight is 385 g/mol. The topological polar surface area (TPSA) is 54.7 Å². The van der Waals surface area contributed by atoms with Crippen LogP contribution in [-0.2, 0) is 19.3 Å². The molecule has 6 heteroatoms. The summed E-state index contributed by atoms with van der Waals surface area (Å²) >= 11 is 0. The van der Waals surface area contributed by atoms with Gasteiger partial charge in [-0.3, -0.25) is 0 Å². The molecule has 146 valence electrons. The summed E-state index contributed by atoms with van der Waals surface area (Å²) < 4.78 is 42.8. The van der Waals surface area contributed by atoms with Gasteiger partial charge in [0, 0.05) is 35.8 Å². The molecule has 0 amide bonds. The Bertz CT molecular complexity index is 1060. The summed E-state index contributed by atoms with van der Waals surface area (Å²) in [4.78, 5) is 0. The zero-order valence-corrected chi connectivity index (χ0v) is 16.1. The maximum Gasteiger partial charge on any atom is 0.417 e. The van der Waals surface area contributed by atoms with Crippen molar-refractivity contribution in [3.05, 3.63) is 59.3 Å². The third-order valence-electron chi connectivity index (χ3n) is 4.61. The predicted molar refractivity (Wildman–Crippen MR) is 104 cm³/mol. The molecule has 0 bridgehead atoms. The lowest BCUT2D eigenvalue weighted by atomic mass is 9.93. The number of benzene rings is 2. The number of hydrogen-bond acceptors (Lipinski definition) is 2. The summed E-state index contributed by atoms with van der Waals surface area (Å²) in [6.45, 7) is 7.32. The number of nitriles is 1. The van der Waals surface area contributed by atoms with Crippen molar-refractivity contribution < 1.29 is 13.2 Å². The lowest BCUT2D eigenvalue weighted by Crippen LogP contribution is -2.14. The fraction of sp³-hybridized carbons (Fsp3) is 0.318. The number of fused-ring (bicyclic) bond motifs is 1. The van der Waals surface area contributed by atoms with E-state index in [4.69, 9.17) is 5.73 Å². The summed E-state index contributed by atoms with van der Waals surface area (Å²) in [5.41, 5.74) is 7.08. The molecule has 0 aliphatic carbocycles. The highest BCUT2D eigenvalue weighted by Crippen LogP contribution is 2.40. The molecule has 3 rings (SSSR count). The first-order valence-electron chi connectivity index (χ1n) is 8.97. The van der Waals surface area contributed by atoms with Gasteiger partial charge in [0.2, 0.25) is 0 Å². The first-order chi connectivity index (χ1) is 13.0. The van der Waals surface area contributed by atoms with Gasteiger partial charge in [-0.05, 0) is 34.7 Å². The molecule has 3 nitrogen and oxygen atoms in total. The maximum absolute atomic E-state index is 13.6. The number of nitrogens with two attached hydrogens (primary N) is 1. The van der Waals surface area contributed by atoms with Crippen LogP contribution in [-0.4, -0.2) is 4.57 Å². The molecule has 2 N–H and O–H groups in total. The lowest BCUT2D eigenvalue weighted by Gasteiger charge is -2.20. The Balaban J connectivity index is 2.29. The highest BCUT2D eigenvalue weighted by Gasteiger charge is 2.34. The average Bonchev–Trinajstić information content (AvgIpc) is 2.95. The highest BCUT2D eigenvalue weighted by molar-refractivity contribution is 5.90. The number of halogens is 3. The predicted octanol–water partition coefficient (Wildman–Crippen LogP) is 5.70. The van der Waals surface area contributed by atoms with Gasteiger partial charge in [-0.1, -0.05) is 39.0 Å². The molecule has 0 aliphatic heterocycles. The van der Waals surface area contributed by atoms with Crippen molar-refractivity contribution in [1.29, 1.82) is 5.26 Å². The molecule has 0 saturated carbocycles. The van der Waals surface area contributed by atoms with Gasteiger partial charge in [-0.15, -0.1) is 0 Å². The van der Waals surface area contributed by atoms with Gasteiger partial charge in [0.25, 0.3) is 0 Å². The largest absolute Gasteiger partial charge is 0.417 e. The monoisotopic (exact) mass is 385 g/mol. The van der Waals surface area contributed by atoms with Gasteiger partial charge in [0.1, 0.15) is 0 Å². The van der Waals surface area contributed by atoms with Gasteiger partial charge in [-0.2, -0.15) is 18.4 Å². The van der Waals surface area contributed by atoms with E-state index >= 15 is 0 Å². The minimum Gasteiger partial charge on any atom is -0.347 e. The van der Waals surface area contributed by atoms with Crippen LogP contribution in [0.25, 0.3) is 22.0 Å². The van der Waals surface area contributed by atoms with Crippen molar-refractivity contribution in [2.75, 3.05) is 0 Å². The van der Waals surface area contributed by atoms with Crippen LogP contribution in [0.2, 0.25) is 0 Å². The van der Waals surface area contributed by atoms with Crippen molar-refractivity contribution in [2.24, 2.45) is 11.1 Å². The maximum atomic E-state index is 13.6. The van der Waals surface area contributed by atoms with Crippen LogP contribution >= 0.6 is 0 Å². The first kappa shape index (κ1) is 20.0. The van der Waals surface area contributed by atoms with E-state index < -0.39 is 11.7 Å². The van der Waals surface area contributed by atoms with Gasteiger partial charge < -0.3 is 10.3 Å². The van der Waals surface area contributed by atoms with Crippen molar-refractivity contribution >= 4 is 10.9 Å². The van der Waals surface area contributed by atoms with Crippen LogP contribution in [0, 0.1) is 16.7 Å². The number of nitrogens with zero attached hydrogens (tertiary/aromatic N) is 2. The Morgan fingerprint density at radius 1 is 1.11 bits per heavy atom. The quantitative estimate of drug-likeness (QED) is 0.628. The Kier molecular flexibility index (Phi) is 4.99. The Morgan fingerprint density at radius 2 is 1.82 bits per heavy atom. The van der Waals surface area contributed by atoms with E-state index in [2.05, 4.69) is 20.8 Å². The SMILES string of the molecule is CC(C)(C)Cn1cc(CN)c2ccc(-c3c(C#N)cccc3C(F)(F)F)cc21. The normalized spacial score (nSPS) is 12.4. The minimum absolute atomic E-state index is 0.00199. The van der Waals surface area contributed by atoms with Gasteiger partial charge in [0.05, 0.1) is 17.2 Å².